The highest BCUT2D eigenvalue weighted by molar-refractivity contribution is 4.74. The summed E-state index contributed by atoms with van der Waals surface area (Å²) in [6.07, 6.45) is 5.70. The number of nitrogens with one attached hydrogen (secondary N) is 1. The third kappa shape index (κ3) is 5.27. The van der Waals surface area contributed by atoms with Gasteiger partial charge in [-0.25, -0.2) is 0 Å². The fourth-order valence-corrected chi connectivity index (χ4v) is 1.69. The smallest absolute Gasteiger partial charge is 0.0107 e. The van der Waals surface area contributed by atoms with Crippen LogP contribution in [-0.2, 0) is 0 Å². The molecule has 0 saturated heterocycles. The maximum absolute atomic E-state index is 3.22. The molecule has 0 amide bonds. The molecule has 0 aliphatic heterocycles. The molecule has 13 heavy (non-hydrogen) atoms. The molecule has 0 bridgehead atoms. The van der Waals surface area contributed by atoms with Crippen molar-refractivity contribution in [3.63, 3.8) is 0 Å². The average molecular weight is 184 g/mol. The number of nitrogens with zero attached hydrogens (tertiary/aromatic N) is 1. The summed E-state index contributed by atoms with van der Waals surface area (Å²) in [5.74, 6) is 1.08. The van der Waals surface area contributed by atoms with Gasteiger partial charge in [0.2, 0.25) is 0 Å². The first-order chi connectivity index (χ1) is 6.36. The highest BCUT2D eigenvalue weighted by Gasteiger charge is 2.21. The first-order valence-corrected chi connectivity index (χ1v) is 5.73. The van der Waals surface area contributed by atoms with Crippen LogP contribution in [0.4, 0.5) is 0 Å². The highest BCUT2D eigenvalue weighted by Crippen LogP contribution is 2.32. The van der Waals surface area contributed by atoms with E-state index in [1.54, 1.807) is 0 Å². The van der Waals surface area contributed by atoms with E-state index in [1.807, 2.05) is 7.05 Å². The quantitative estimate of drug-likeness (QED) is 0.618. The van der Waals surface area contributed by atoms with E-state index in [-0.39, 0.29) is 0 Å². The molecule has 1 aliphatic rings. The Morgan fingerprint density at radius 3 is 2.54 bits per heavy atom. The summed E-state index contributed by atoms with van der Waals surface area (Å²) in [4.78, 5) is 2.59. The molecule has 1 aliphatic carbocycles. The van der Waals surface area contributed by atoms with Gasteiger partial charge >= 0.3 is 0 Å². The van der Waals surface area contributed by atoms with Crippen molar-refractivity contribution in [1.29, 1.82) is 0 Å². The Hall–Kier alpha value is -0.0800. The average Bonchev–Trinajstić information content (AvgIpc) is 2.93. The van der Waals surface area contributed by atoms with Crippen molar-refractivity contribution in [1.82, 2.24) is 10.2 Å². The summed E-state index contributed by atoms with van der Waals surface area (Å²) in [7, 11) is 2.03. The van der Waals surface area contributed by atoms with Crippen molar-refractivity contribution >= 4 is 0 Å². The molecule has 2 heteroatoms. The van der Waals surface area contributed by atoms with E-state index in [1.165, 1.54) is 45.3 Å². The third-order valence-corrected chi connectivity index (χ3v) is 2.77. The summed E-state index contributed by atoms with van der Waals surface area (Å²) in [6, 6.07) is 0. The van der Waals surface area contributed by atoms with Crippen molar-refractivity contribution in [2.24, 2.45) is 5.92 Å². The minimum atomic E-state index is 1.08. The van der Waals surface area contributed by atoms with Gasteiger partial charge in [0.1, 0.15) is 0 Å². The summed E-state index contributed by atoms with van der Waals surface area (Å²) >= 11 is 0. The fraction of sp³-hybridized carbons (Fsp3) is 1.00. The Kier molecular flexibility index (Phi) is 5.40. The molecule has 0 heterocycles. The van der Waals surface area contributed by atoms with E-state index in [0.717, 1.165) is 12.5 Å². The number of hydrogen-bond acceptors (Lipinski definition) is 2. The molecule has 1 rings (SSSR count). The third-order valence-electron chi connectivity index (χ3n) is 2.77. The van der Waals surface area contributed by atoms with Gasteiger partial charge in [-0.2, -0.15) is 0 Å². The van der Waals surface area contributed by atoms with Gasteiger partial charge in [-0.1, -0.05) is 19.8 Å². The summed E-state index contributed by atoms with van der Waals surface area (Å²) in [6.45, 7) is 7.21. The van der Waals surface area contributed by atoms with E-state index in [4.69, 9.17) is 0 Å². The van der Waals surface area contributed by atoms with Gasteiger partial charge in [-0.3, -0.25) is 0 Å². The predicted molar refractivity (Wildman–Crippen MR) is 58.0 cm³/mol. The molecule has 0 aromatic rings. The fourth-order valence-electron chi connectivity index (χ4n) is 1.69. The molecule has 0 spiro atoms. The largest absolute Gasteiger partial charge is 0.318 e. The Labute approximate surface area is 82.7 Å². The minimum Gasteiger partial charge on any atom is -0.318 e. The molecule has 0 radical (unpaired) electrons. The van der Waals surface area contributed by atoms with Gasteiger partial charge in [-0.05, 0) is 38.9 Å². The lowest BCUT2D eigenvalue weighted by atomic mass is 10.2. The van der Waals surface area contributed by atoms with Crippen LogP contribution in [0.1, 0.15) is 32.6 Å². The Balaban J connectivity index is 2.03. The van der Waals surface area contributed by atoms with Gasteiger partial charge in [-0.15, -0.1) is 0 Å². The van der Waals surface area contributed by atoms with E-state index in [9.17, 15) is 0 Å². The van der Waals surface area contributed by atoms with Crippen LogP contribution in [0.5, 0.6) is 0 Å². The van der Waals surface area contributed by atoms with Gasteiger partial charge in [0, 0.05) is 13.1 Å². The van der Waals surface area contributed by atoms with Crippen LogP contribution in [0, 0.1) is 5.92 Å². The zero-order valence-electron chi connectivity index (χ0n) is 9.18. The van der Waals surface area contributed by atoms with Crippen molar-refractivity contribution in [2.75, 3.05) is 33.2 Å². The van der Waals surface area contributed by atoms with Crippen LogP contribution in [0.15, 0.2) is 0 Å². The van der Waals surface area contributed by atoms with Crippen molar-refractivity contribution in [2.45, 2.75) is 32.6 Å². The topological polar surface area (TPSA) is 15.3 Å². The van der Waals surface area contributed by atoms with E-state index in [0.29, 0.717) is 0 Å². The molecular formula is C11H24N2. The Bertz CT molecular complexity index is 121. The predicted octanol–water partition coefficient (Wildman–Crippen LogP) is 1.72. The number of hydrogen-bond donors (Lipinski definition) is 1. The number of rotatable bonds is 8. The van der Waals surface area contributed by atoms with E-state index in [2.05, 4.69) is 17.1 Å². The zero-order chi connectivity index (χ0) is 9.52. The Morgan fingerprint density at radius 1 is 1.23 bits per heavy atom. The zero-order valence-corrected chi connectivity index (χ0v) is 9.18. The van der Waals surface area contributed by atoms with Crippen LogP contribution < -0.4 is 5.32 Å². The molecule has 78 valence electrons. The van der Waals surface area contributed by atoms with Gasteiger partial charge in [0.25, 0.3) is 0 Å². The van der Waals surface area contributed by atoms with Gasteiger partial charge < -0.3 is 10.2 Å². The van der Waals surface area contributed by atoms with Gasteiger partial charge in [0.05, 0.1) is 0 Å². The lowest BCUT2D eigenvalue weighted by Gasteiger charge is -2.21. The second-order valence-corrected chi connectivity index (χ2v) is 4.18. The van der Waals surface area contributed by atoms with Crippen molar-refractivity contribution in [3.8, 4) is 0 Å². The molecule has 0 aromatic heterocycles. The van der Waals surface area contributed by atoms with Crippen LogP contribution in [-0.4, -0.2) is 38.1 Å². The summed E-state index contributed by atoms with van der Waals surface area (Å²) < 4.78 is 0. The standard InChI is InChI=1S/C11H24N2/c1-3-8-13(10-7-12-2)9-6-11-4-5-11/h11-12H,3-10H2,1-2H3. The number of likely N-dealkylation sites (N-methyl/N-ethyl adjacent to an activating group) is 1. The highest BCUT2D eigenvalue weighted by atomic mass is 15.1. The normalized spacial score (nSPS) is 16.8. The van der Waals surface area contributed by atoms with E-state index >= 15 is 0 Å². The second kappa shape index (κ2) is 6.39. The van der Waals surface area contributed by atoms with Crippen LogP contribution >= 0.6 is 0 Å². The van der Waals surface area contributed by atoms with E-state index < -0.39 is 0 Å². The summed E-state index contributed by atoms with van der Waals surface area (Å²) in [5, 5.41) is 3.22. The lowest BCUT2D eigenvalue weighted by Crippen LogP contribution is -2.32. The van der Waals surface area contributed by atoms with Crippen molar-refractivity contribution in [3.05, 3.63) is 0 Å². The molecule has 0 atom stereocenters. The van der Waals surface area contributed by atoms with Crippen LogP contribution in [0.3, 0.4) is 0 Å². The molecule has 1 saturated carbocycles. The maximum Gasteiger partial charge on any atom is 0.0107 e. The Morgan fingerprint density at radius 2 is 2.00 bits per heavy atom. The molecule has 0 aromatic carbocycles. The minimum absolute atomic E-state index is 1.08. The van der Waals surface area contributed by atoms with Crippen molar-refractivity contribution < 1.29 is 0 Å². The monoisotopic (exact) mass is 184 g/mol. The first kappa shape index (κ1) is 11.0. The lowest BCUT2D eigenvalue weighted by molar-refractivity contribution is 0.267. The second-order valence-electron chi connectivity index (χ2n) is 4.18. The molecule has 0 unspecified atom stereocenters. The molecule has 1 N–H and O–H groups in total. The van der Waals surface area contributed by atoms with Gasteiger partial charge in [0.15, 0.2) is 0 Å². The first-order valence-electron chi connectivity index (χ1n) is 5.73. The van der Waals surface area contributed by atoms with Crippen LogP contribution in [0.2, 0.25) is 0 Å². The molecular weight excluding hydrogens is 160 g/mol. The SMILES string of the molecule is CCCN(CCNC)CCC1CC1. The maximum atomic E-state index is 3.22. The summed E-state index contributed by atoms with van der Waals surface area (Å²) in [5.41, 5.74) is 0. The van der Waals surface area contributed by atoms with Crippen LogP contribution in [0.25, 0.3) is 0 Å². The molecule has 1 fully saturated rings. The molecule has 2 nitrogen and oxygen atoms in total.